The molecule has 0 aliphatic heterocycles. The fourth-order valence-corrected chi connectivity index (χ4v) is 2.90. The minimum Gasteiger partial charge on any atom is -0.390 e. The second kappa shape index (κ2) is 8.52. The first-order valence-electron chi connectivity index (χ1n) is 9.19. The van der Waals surface area contributed by atoms with Crippen LogP contribution < -0.4 is 10.6 Å². The second-order valence-electron chi connectivity index (χ2n) is 7.36. The van der Waals surface area contributed by atoms with Crippen molar-refractivity contribution in [2.45, 2.75) is 32.3 Å². The van der Waals surface area contributed by atoms with Crippen molar-refractivity contribution in [1.82, 2.24) is 20.5 Å². The molecule has 4 N–H and O–H groups in total. The number of anilines is 1. The van der Waals surface area contributed by atoms with Crippen LogP contribution in [0.5, 0.6) is 0 Å². The number of aromatic nitrogens is 3. The molecule has 7 nitrogen and oxygen atoms in total. The number of halogens is 2. The number of nitrogens with zero attached hydrogens (tertiary/aromatic N) is 2. The summed E-state index contributed by atoms with van der Waals surface area (Å²) in [5, 5.41) is 22.4. The molecule has 2 heterocycles. The average Bonchev–Trinajstić information content (AvgIpc) is 3.19. The topological polar surface area (TPSA) is 103 Å². The summed E-state index contributed by atoms with van der Waals surface area (Å²) in [7, 11) is 0. The van der Waals surface area contributed by atoms with E-state index in [0.29, 0.717) is 23.0 Å². The van der Waals surface area contributed by atoms with Gasteiger partial charge in [0.15, 0.2) is 0 Å². The third-order valence-electron chi connectivity index (χ3n) is 4.40. The fraction of sp³-hybridized carbons (Fsp3) is 0.350. The first-order chi connectivity index (χ1) is 13.7. The Labute approximate surface area is 166 Å². The lowest BCUT2D eigenvalue weighted by Crippen LogP contribution is -2.31. The molecule has 0 aliphatic rings. The van der Waals surface area contributed by atoms with Crippen molar-refractivity contribution in [3.05, 3.63) is 42.4 Å². The molecule has 0 fully saturated rings. The number of rotatable bonds is 8. The van der Waals surface area contributed by atoms with E-state index in [2.05, 4.69) is 25.8 Å². The Morgan fingerprint density at radius 1 is 1.28 bits per heavy atom. The molecule has 2 aromatic heterocycles. The van der Waals surface area contributed by atoms with Gasteiger partial charge in [-0.25, -0.2) is 8.78 Å². The Morgan fingerprint density at radius 2 is 2.07 bits per heavy atom. The van der Waals surface area contributed by atoms with E-state index in [0.717, 1.165) is 11.1 Å². The van der Waals surface area contributed by atoms with Gasteiger partial charge in [0.05, 0.1) is 35.1 Å². The quantitative estimate of drug-likeness (QED) is 0.463. The number of fused-ring (bicyclic) bond motifs is 1. The largest absolute Gasteiger partial charge is 0.390 e. The fourth-order valence-electron chi connectivity index (χ4n) is 2.90. The Bertz CT molecular complexity index is 984. The van der Waals surface area contributed by atoms with E-state index in [1.807, 2.05) is 6.07 Å². The zero-order chi connectivity index (χ0) is 21.0. The minimum atomic E-state index is -2.58. The summed E-state index contributed by atoms with van der Waals surface area (Å²) in [5.41, 5.74) is 1.74. The highest BCUT2D eigenvalue weighted by Crippen LogP contribution is 2.30. The Kier molecular flexibility index (Phi) is 6.07. The van der Waals surface area contributed by atoms with Crippen molar-refractivity contribution >= 4 is 22.5 Å². The van der Waals surface area contributed by atoms with Crippen LogP contribution in [-0.2, 0) is 0 Å². The average molecular weight is 403 g/mol. The van der Waals surface area contributed by atoms with Gasteiger partial charge in [-0.15, -0.1) is 0 Å². The van der Waals surface area contributed by atoms with Gasteiger partial charge in [0, 0.05) is 29.9 Å². The minimum absolute atomic E-state index is 0.165. The van der Waals surface area contributed by atoms with Gasteiger partial charge in [0.2, 0.25) is 0 Å². The molecule has 0 atom stereocenters. The first kappa shape index (κ1) is 20.7. The van der Waals surface area contributed by atoms with E-state index in [4.69, 9.17) is 0 Å². The van der Waals surface area contributed by atoms with Gasteiger partial charge < -0.3 is 15.7 Å². The van der Waals surface area contributed by atoms with Gasteiger partial charge in [-0.3, -0.25) is 14.9 Å². The first-order valence-corrected chi connectivity index (χ1v) is 9.19. The van der Waals surface area contributed by atoms with Crippen molar-refractivity contribution in [2.75, 3.05) is 18.4 Å². The maximum absolute atomic E-state index is 12.9. The van der Waals surface area contributed by atoms with Gasteiger partial charge in [-0.2, -0.15) is 5.10 Å². The molecule has 1 amide bonds. The van der Waals surface area contributed by atoms with Gasteiger partial charge in [-0.05, 0) is 38.0 Å². The highest BCUT2D eigenvalue weighted by atomic mass is 19.3. The molecule has 3 aromatic rings. The second-order valence-corrected chi connectivity index (χ2v) is 7.36. The molecule has 0 radical (unpaired) electrons. The van der Waals surface area contributed by atoms with E-state index in [1.165, 1.54) is 6.20 Å². The van der Waals surface area contributed by atoms with Crippen LogP contribution in [0, 0.1) is 0 Å². The van der Waals surface area contributed by atoms with Crippen molar-refractivity contribution < 1.29 is 18.7 Å². The third-order valence-corrected chi connectivity index (χ3v) is 4.40. The van der Waals surface area contributed by atoms with Crippen molar-refractivity contribution in [1.29, 1.82) is 0 Å². The SMILES string of the molecule is CC(C)(O)CCNC(=O)c1cnc2ccc(-c3cn[nH]c3)cc2c1NCC(F)F. The number of carbonyl (C=O) groups is 1. The number of carbonyl (C=O) groups excluding carboxylic acids is 1. The number of aliphatic hydroxyl groups is 1. The lowest BCUT2D eigenvalue weighted by atomic mass is 10.0. The lowest BCUT2D eigenvalue weighted by molar-refractivity contribution is 0.0693. The number of aromatic amines is 1. The summed E-state index contributed by atoms with van der Waals surface area (Å²) in [6, 6.07) is 5.40. The van der Waals surface area contributed by atoms with Crippen molar-refractivity contribution in [2.24, 2.45) is 0 Å². The Hall–Kier alpha value is -3.07. The molecule has 0 saturated carbocycles. The number of hydrogen-bond acceptors (Lipinski definition) is 5. The van der Waals surface area contributed by atoms with E-state index in [1.54, 1.807) is 38.4 Å². The molecule has 0 bridgehead atoms. The van der Waals surface area contributed by atoms with E-state index >= 15 is 0 Å². The van der Waals surface area contributed by atoms with Gasteiger partial charge >= 0.3 is 0 Å². The molecule has 0 saturated heterocycles. The van der Waals surface area contributed by atoms with Crippen LogP contribution in [0.4, 0.5) is 14.5 Å². The van der Waals surface area contributed by atoms with E-state index in [-0.39, 0.29) is 12.1 Å². The molecule has 0 spiro atoms. The van der Waals surface area contributed by atoms with Gasteiger partial charge in [0.1, 0.15) is 0 Å². The van der Waals surface area contributed by atoms with Crippen LogP contribution in [0.25, 0.3) is 22.0 Å². The summed E-state index contributed by atoms with van der Waals surface area (Å²) in [4.78, 5) is 17.0. The molecule has 1 aromatic carbocycles. The molecule has 9 heteroatoms. The van der Waals surface area contributed by atoms with Crippen LogP contribution in [0.3, 0.4) is 0 Å². The number of pyridine rings is 1. The highest BCUT2D eigenvalue weighted by molar-refractivity contribution is 6.07. The number of hydrogen-bond donors (Lipinski definition) is 4. The van der Waals surface area contributed by atoms with Crippen LogP contribution >= 0.6 is 0 Å². The van der Waals surface area contributed by atoms with Crippen molar-refractivity contribution in [3.8, 4) is 11.1 Å². The molecule has 3 rings (SSSR count). The lowest BCUT2D eigenvalue weighted by Gasteiger charge is -2.18. The number of benzene rings is 1. The summed E-state index contributed by atoms with van der Waals surface area (Å²) in [6.45, 7) is 2.93. The van der Waals surface area contributed by atoms with E-state index < -0.39 is 24.5 Å². The number of nitrogens with one attached hydrogen (secondary N) is 3. The molecular weight excluding hydrogens is 380 g/mol. The normalized spacial score (nSPS) is 11.8. The summed E-state index contributed by atoms with van der Waals surface area (Å²) < 4.78 is 25.7. The number of alkyl halides is 2. The highest BCUT2D eigenvalue weighted by Gasteiger charge is 2.19. The van der Waals surface area contributed by atoms with Crippen LogP contribution in [0.15, 0.2) is 36.8 Å². The molecular formula is C20H23F2N5O2. The Balaban J connectivity index is 1.98. The molecule has 154 valence electrons. The van der Waals surface area contributed by atoms with Crippen LogP contribution in [0.1, 0.15) is 30.6 Å². The number of amides is 1. The van der Waals surface area contributed by atoms with Gasteiger partial charge in [0.25, 0.3) is 12.3 Å². The van der Waals surface area contributed by atoms with Crippen LogP contribution in [-0.4, -0.2) is 51.3 Å². The zero-order valence-electron chi connectivity index (χ0n) is 16.2. The number of H-pyrrole nitrogens is 1. The molecule has 0 unspecified atom stereocenters. The van der Waals surface area contributed by atoms with E-state index in [9.17, 15) is 18.7 Å². The predicted molar refractivity (Wildman–Crippen MR) is 107 cm³/mol. The monoisotopic (exact) mass is 403 g/mol. The Morgan fingerprint density at radius 3 is 2.72 bits per heavy atom. The van der Waals surface area contributed by atoms with Crippen molar-refractivity contribution in [3.63, 3.8) is 0 Å². The zero-order valence-corrected chi connectivity index (χ0v) is 16.2. The maximum Gasteiger partial charge on any atom is 0.255 e. The van der Waals surface area contributed by atoms with Crippen LogP contribution in [0.2, 0.25) is 0 Å². The smallest absolute Gasteiger partial charge is 0.255 e. The summed E-state index contributed by atoms with van der Waals surface area (Å²) in [5.74, 6) is -0.450. The third kappa shape index (κ3) is 5.26. The summed E-state index contributed by atoms with van der Waals surface area (Å²) >= 11 is 0. The standard InChI is InChI=1S/C20H23F2N5O2/c1-20(2,29)5-6-23-19(28)15-10-24-16-4-3-12(13-8-26-27-9-13)7-14(16)18(15)25-11-17(21)22/h3-4,7-10,17,29H,5-6,11H2,1-2H3,(H,23,28)(H,24,25)(H,26,27). The maximum atomic E-state index is 12.9. The van der Waals surface area contributed by atoms with Gasteiger partial charge in [-0.1, -0.05) is 6.07 Å². The predicted octanol–water partition coefficient (Wildman–Crippen LogP) is 3.19. The molecule has 0 aliphatic carbocycles. The summed E-state index contributed by atoms with van der Waals surface area (Å²) in [6.07, 6.45) is 2.50. The molecule has 29 heavy (non-hydrogen) atoms.